The molecule has 0 aromatic carbocycles. The van der Waals surface area contributed by atoms with Gasteiger partial charge in [-0.1, -0.05) is 13.5 Å². The quantitative estimate of drug-likeness (QED) is 0.698. The Bertz CT molecular complexity index is 345. The standard InChI is InChI=1S/C12H16S2/c1-5-11-6-7-12(14-11)10(4)8-13-9(2)3/h6-8H,2,5H2,1,3-4H3/b10-8+. The molecule has 0 aliphatic heterocycles. The van der Waals surface area contributed by atoms with Gasteiger partial charge in [0.05, 0.1) is 0 Å². The maximum absolute atomic E-state index is 3.86. The van der Waals surface area contributed by atoms with Crippen LogP contribution in [0.5, 0.6) is 0 Å². The van der Waals surface area contributed by atoms with E-state index in [9.17, 15) is 0 Å². The molecule has 0 atom stereocenters. The molecule has 0 aliphatic carbocycles. The molecule has 1 aromatic heterocycles. The highest BCUT2D eigenvalue weighted by Gasteiger charge is 2.00. The van der Waals surface area contributed by atoms with Gasteiger partial charge >= 0.3 is 0 Å². The summed E-state index contributed by atoms with van der Waals surface area (Å²) in [5, 5.41) is 2.17. The van der Waals surface area contributed by atoms with Crippen LogP contribution in [0.2, 0.25) is 0 Å². The number of allylic oxidation sites excluding steroid dienone is 2. The molecular formula is C12H16S2. The summed E-state index contributed by atoms with van der Waals surface area (Å²) in [6, 6.07) is 4.41. The summed E-state index contributed by atoms with van der Waals surface area (Å²) in [6.07, 6.45) is 1.13. The van der Waals surface area contributed by atoms with E-state index >= 15 is 0 Å². The summed E-state index contributed by atoms with van der Waals surface area (Å²) in [4.78, 5) is 3.96. The second kappa shape index (κ2) is 5.42. The molecule has 0 nitrogen and oxygen atoms in total. The zero-order valence-corrected chi connectivity index (χ0v) is 10.6. The molecule has 0 amide bonds. The van der Waals surface area contributed by atoms with Crippen molar-refractivity contribution in [3.05, 3.63) is 38.8 Å². The summed E-state index contributed by atoms with van der Waals surface area (Å²) in [7, 11) is 0. The second-order valence-corrected chi connectivity index (χ2v) is 5.58. The number of hydrogen-bond acceptors (Lipinski definition) is 2. The van der Waals surface area contributed by atoms with Crippen molar-refractivity contribution in [3.8, 4) is 0 Å². The van der Waals surface area contributed by atoms with Crippen molar-refractivity contribution in [3.63, 3.8) is 0 Å². The molecule has 0 unspecified atom stereocenters. The van der Waals surface area contributed by atoms with Gasteiger partial charge < -0.3 is 0 Å². The average molecular weight is 224 g/mol. The lowest BCUT2D eigenvalue weighted by molar-refractivity contribution is 1.19. The molecule has 0 aliphatic rings. The highest BCUT2D eigenvalue weighted by Crippen LogP contribution is 2.27. The fraction of sp³-hybridized carbons (Fsp3) is 0.333. The van der Waals surface area contributed by atoms with Crippen LogP contribution in [0.25, 0.3) is 5.57 Å². The Kier molecular flexibility index (Phi) is 4.49. The average Bonchev–Trinajstić information content (AvgIpc) is 2.62. The first-order valence-electron chi connectivity index (χ1n) is 4.71. The SMILES string of the molecule is C=C(C)S/C=C(\C)c1ccc(CC)s1. The van der Waals surface area contributed by atoms with E-state index in [1.54, 1.807) is 11.8 Å². The molecule has 0 N–H and O–H groups in total. The van der Waals surface area contributed by atoms with Gasteiger partial charge in [-0.05, 0) is 48.3 Å². The molecule has 0 saturated heterocycles. The third kappa shape index (κ3) is 3.35. The molecule has 76 valence electrons. The second-order valence-electron chi connectivity index (χ2n) is 3.24. The van der Waals surface area contributed by atoms with E-state index in [2.05, 4.69) is 38.0 Å². The number of thioether (sulfide) groups is 1. The van der Waals surface area contributed by atoms with Crippen LogP contribution in [0.4, 0.5) is 0 Å². The van der Waals surface area contributed by atoms with Gasteiger partial charge in [0, 0.05) is 9.75 Å². The fourth-order valence-electron chi connectivity index (χ4n) is 1.03. The van der Waals surface area contributed by atoms with Crippen LogP contribution in [0, 0.1) is 0 Å². The van der Waals surface area contributed by atoms with Gasteiger partial charge in [-0.3, -0.25) is 0 Å². The zero-order chi connectivity index (χ0) is 10.6. The largest absolute Gasteiger partial charge is 0.141 e. The van der Waals surface area contributed by atoms with E-state index in [0.29, 0.717) is 0 Å². The van der Waals surface area contributed by atoms with E-state index in [1.165, 1.54) is 15.3 Å². The topological polar surface area (TPSA) is 0 Å². The van der Waals surface area contributed by atoms with Crippen LogP contribution in [0.1, 0.15) is 30.5 Å². The summed E-state index contributed by atoms with van der Waals surface area (Å²) in [5.41, 5.74) is 1.34. The first-order valence-corrected chi connectivity index (χ1v) is 6.41. The fourth-order valence-corrected chi connectivity index (χ4v) is 2.53. The maximum Gasteiger partial charge on any atom is 0.0307 e. The van der Waals surface area contributed by atoms with Crippen molar-refractivity contribution in [1.29, 1.82) is 0 Å². The predicted octanol–water partition coefficient (Wildman–Crippen LogP) is 4.94. The van der Waals surface area contributed by atoms with Crippen LogP contribution in [0.15, 0.2) is 29.0 Å². The molecule has 1 heterocycles. The lowest BCUT2D eigenvalue weighted by Gasteiger charge is -1.96. The Labute approximate surface area is 94.7 Å². The summed E-state index contributed by atoms with van der Waals surface area (Å²) < 4.78 is 0. The minimum Gasteiger partial charge on any atom is -0.141 e. The maximum atomic E-state index is 3.86. The third-order valence-electron chi connectivity index (χ3n) is 1.84. The number of rotatable bonds is 4. The monoisotopic (exact) mass is 224 g/mol. The van der Waals surface area contributed by atoms with Gasteiger partial charge in [-0.25, -0.2) is 0 Å². The van der Waals surface area contributed by atoms with Crippen molar-refractivity contribution in [2.45, 2.75) is 27.2 Å². The molecule has 0 fully saturated rings. The van der Waals surface area contributed by atoms with Crippen LogP contribution < -0.4 is 0 Å². The van der Waals surface area contributed by atoms with Gasteiger partial charge in [0.1, 0.15) is 0 Å². The normalized spacial score (nSPS) is 11.8. The summed E-state index contributed by atoms with van der Waals surface area (Å²) in [5.74, 6) is 0. The van der Waals surface area contributed by atoms with Gasteiger partial charge in [0.25, 0.3) is 0 Å². The third-order valence-corrected chi connectivity index (χ3v) is 4.07. The zero-order valence-electron chi connectivity index (χ0n) is 8.96. The molecule has 14 heavy (non-hydrogen) atoms. The number of thiophene rings is 1. The van der Waals surface area contributed by atoms with Crippen molar-refractivity contribution in [2.24, 2.45) is 0 Å². The minimum atomic E-state index is 1.13. The molecule has 1 aromatic rings. The van der Waals surface area contributed by atoms with Crippen LogP contribution in [-0.4, -0.2) is 0 Å². The van der Waals surface area contributed by atoms with E-state index in [4.69, 9.17) is 0 Å². The van der Waals surface area contributed by atoms with Crippen LogP contribution in [0.3, 0.4) is 0 Å². The smallest absolute Gasteiger partial charge is 0.0307 e. The van der Waals surface area contributed by atoms with Gasteiger partial charge in [0.15, 0.2) is 0 Å². The Balaban J connectivity index is 2.73. The summed E-state index contributed by atoms with van der Waals surface area (Å²) >= 11 is 3.58. The highest BCUT2D eigenvalue weighted by atomic mass is 32.2. The van der Waals surface area contributed by atoms with E-state index in [0.717, 1.165) is 11.3 Å². The Morgan fingerprint density at radius 2 is 2.21 bits per heavy atom. The number of aryl methyl sites for hydroxylation is 1. The molecule has 0 bridgehead atoms. The van der Waals surface area contributed by atoms with Gasteiger partial charge in [-0.2, -0.15) is 0 Å². The van der Waals surface area contributed by atoms with Gasteiger partial charge in [0.2, 0.25) is 0 Å². The Hall–Kier alpha value is -0.470. The van der Waals surface area contributed by atoms with Crippen molar-refractivity contribution in [1.82, 2.24) is 0 Å². The molecule has 0 saturated carbocycles. The van der Waals surface area contributed by atoms with E-state index in [1.807, 2.05) is 18.3 Å². The number of hydrogen-bond donors (Lipinski definition) is 0. The van der Waals surface area contributed by atoms with Crippen molar-refractivity contribution in [2.75, 3.05) is 0 Å². The molecule has 0 radical (unpaired) electrons. The lowest BCUT2D eigenvalue weighted by atomic mass is 10.3. The van der Waals surface area contributed by atoms with E-state index < -0.39 is 0 Å². The van der Waals surface area contributed by atoms with E-state index in [-0.39, 0.29) is 0 Å². The Morgan fingerprint density at radius 1 is 1.50 bits per heavy atom. The lowest BCUT2D eigenvalue weighted by Crippen LogP contribution is -1.69. The molecule has 0 spiro atoms. The van der Waals surface area contributed by atoms with Crippen LogP contribution >= 0.6 is 23.1 Å². The van der Waals surface area contributed by atoms with Gasteiger partial charge in [-0.15, -0.1) is 23.1 Å². The van der Waals surface area contributed by atoms with Crippen molar-refractivity contribution < 1.29 is 0 Å². The first-order chi connectivity index (χ1) is 6.63. The molecular weight excluding hydrogens is 208 g/mol. The molecule has 2 heteroatoms. The highest BCUT2D eigenvalue weighted by molar-refractivity contribution is 8.05. The van der Waals surface area contributed by atoms with Crippen molar-refractivity contribution >= 4 is 28.7 Å². The Morgan fingerprint density at radius 3 is 2.71 bits per heavy atom. The molecule has 1 rings (SSSR count). The first kappa shape index (κ1) is 11.6. The predicted molar refractivity (Wildman–Crippen MR) is 69.8 cm³/mol. The summed E-state index contributed by atoms with van der Waals surface area (Å²) in [6.45, 7) is 10.2. The van der Waals surface area contributed by atoms with Crippen LogP contribution in [-0.2, 0) is 6.42 Å². The minimum absolute atomic E-state index is 1.13.